The summed E-state index contributed by atoms with van der Waals surface area (Å²) < 4.78 is 40.8. The molecule has 142 valence electrons. The molecule has 4 nitrogen and oxygen atoms in total. The molecule has 0 atom stereocenters. The van der Waals surface area contributed by atoms with Crippen molar-refractivity contribution < 1.29 is 22.7 Å². The molecule has 0 spiro atoms. The number of carbonyl (C=O) groups is 1. The molecule has 9 heteroatoms. The minimum absolute atomic E-state index is 0.0165. The molecule has 0 N–H and O–H groups in total. The highest BCUT2D eigenvalue weighted by Crippen LogP contribution is 2.31. The van der Waals surface area contributed by atoms with Crippen molar-refractivity contribution in [1.82, 2.24) is 9.97 Å². The molecular formula is C18H15F3N2O2S2. The van der Waals surface area contributed by atoms with Crippen LogP contribution in [0.25, 0.3) is 10.6 Å². The molecule has 3 rings (SSSR count). The first kappa shape index (κ1) is 19.5. The Bertz CT molecular complexity index is 964. The molecule has 3 aromatic rings. The Morgan fingerprint density at radius 1 is 1.19 bits per heavy atom. The second-order valence-electron chi connectivity index (χ2n) is 5.86. The Balaban J connectivity index is 1.65. The second-order valence-corrected chi connectivity index (χ2v) is 8.01. The van der Waals surface area contributed by atoms with Gasteiger partial charge in [0.1, 0.15) is 16.5 Å². The van der Waals surface area contributed by atoms with Gasteiger partial charge in [-0.2, -0.15) is 0 Å². The van der Waals surface area contributed by atoms with E-state index in [1.54, 1.807) is 17.4 Å². The third-order valence-electron chi connectivity index (χ3n) is 3.57. The number of hydrogen-bond donors (Lipinski definition) is 0. The van der Waals surface area contributed by atoms with Crippen LogP contribution in [0.1, 0.15) is 21.3 Å². The van der Waals surface area contributed by atoms with Crippen LogP contribution in [0, 0.1) is 13.8 Å². The number of aryl methyl sites for hydroxylation is 2. The molecule has 0 saturated carbocycles. The zero-order valence-corrected chi connectivity index (χ0v) is 16.1. The number of benzene rings is 1. The van der Waals surface area contributed by atoms with Gasteiger partial charge in [-0.25, -0.2) is 9.97 Å². The number of halogens is 3. The summed E-state index contributed by atoms with van der Waals surface area (Å²) in [6, 6.07) is 5.45. The number of ketones is 1. The van der Waals surface area contributed by atoms with E-state index in [1.165, 1.54) is 29.5 Å². The summed E-state index contributed by atoms with van der Waals surface area (Å²) in [6.45, 7) is 3.84. The molecule has 0 aliphatic carbocycles. The lowest BCUT2D eigenvalue weighted by Gasteiger charge is -2.09. The number of rotatable bonds is 6. The number of nitrogens with zero attached hydrogens (tertiary/aromatic N) is 2. The Kier molecular flexibility index (Phi) is 5.61. The van der Waals surface area contributed by atoms with Gasteiger partial charge in [0.15, 0.2) is 0 Å². The van der Waals surface area contributed by atoms with E-state index in [-0.39, 0.29) is 24.4 Å². The molecular weight excluding hydrogens is 397 g/mol. The molecule has 27 heavy (non-hydrogen) atoms. The topological polar surface area (TPSA) is 52.1 Å². The number of carbonyl (C=O) groups excluding carboxylic acids is 1. The van der Waals surface area contributed by atoms with Crippen LogP contribution >= 0.6 is 22.7 Å². The van der Waals surface area contributed by atoms with Crippen molar-refractivity contribution >= 4 is 28.5 Å². The highest BCUT2D eigenvalue weighted by molar-refractivity contribution is 7.16. The Labute approximate surface area is 161 Å². The van der Waals surface area contributed by atoms with Gasteiger partial charge >= 0.3 is 6.36 Å². The Hall–Kier alpha value is -2.26. The Morgan fingerprint density at radius 2 is 1.96 bits per heavy atom. The molecule has 0 aliphatic heterocycles. The summed E-state index contributed by atoms with van der Waals surface area (Å²) in [6.07, 6.45) is -4.61. The maximum Gasteiger partial charge on any atom is 0.573 e. The van der Waals surface area contributed by atoms with E-state index in [0.29, 0.717) is 10.6 Å². The summed E-state index contributed by atoms with van der Waals surface area (Å²) in [5, 5.41) is 3.51. The molecule has 0 saturated heterocycles. The number of hydrogen-bond acceptors (Lipinski definition) is 6. The zero-order chi connectivity index (χ0) is 19.6. The zero-order valence-electron chi connectivity index (χ0n) is 14.5. The molecule has 2 heterocycles. The van der Waals surface area contributed by atoms with Crippen molar-refractivity contribution in [2.45, 2.75) is 33.1 Å². The largest absolute Gasteiger partial charge is 0.573 e. The van der Waals surface area contributed by atoms with E-state index in [2.05, 4.69) is 14.7 Å². The van der Waals surface area contributed by atoms with Crippen LogP contribution in [0.5, 0.6) is 5.75 Å². The minimum Gasteiger partial charge on any atom is -0.406 e. The maximum absolute atomic E-state index is 12.3. The van der Waals surface area contributed by atoms with Crippen molar-refractivity contribution in [2.24, 2.45) is 0 Å². The van der Waals surface area contributed by atoms with Gasteiger partial charge < -0.3 is 4.74 Å². The minimum atomic E-state index is -4.76. The quantitative estimate of drug-likeness (QED) is 0.563. The third-order valence-corrected chi connectivity index (χ3v) is 5.51. The van der Waals surface area contributed by atoms with Gasteiger partial charge in [0.25, 0.3) is 0 Å². The summed E-state index contributed by atoms with van der Waals surface area (Å²) in [7, 11) is 0. The highest BCUT2D eigenvalue weighted by Gasteiger charge is 2.31. The number of aromatic nitrogens is 2. The predicted molar refractivity (Wildman–Crippen MR) is 98.2 cm³/mol. The van der Waals surface area contributed by atoms with Crippen LogP contribution in [0.4, 0.5) is 13.2 Å². The van der Waals surface area contributed by atoms with Gasteiger partial charge in [0, 0.05) is 11.8 Å². The fourth-order valence-corrected chi connectivity index (χ4v) is 4.35. The lowest BCUT2D eigenvalue weighted by molar-refractivity contribution is -0.274. The van der Waals surface area contributed by atoms with Crippen LogP contribution in [-0.4, -0.2) is 22.1 Å². The monoisotopic (exact) mass is 412 g/mol. The fourth-order valence-electron chi connectivity index (χ4n) is 2.58. The fraction of sp³-hybridized carbons (Fsp3) is 0.278. The predicted octanol–water partition coefficient (Wildman–Crippen LogP) is 5.14. The van der Waals surface area contributed by atoms with E-state index in [1.807, 2.05) is 19.2 Å². The molecule has 0 fully saturated rings. The first-order valence-corrected chi connectivity index (χ1v) is 9.64. The molecule has 0 radical (unpaired) electrons. The van der Waals surface area contributed by atoms with Gasteiger partial charge in [0.2, 0.25) is 0 Å². The smallest absolute Gasteiger partial charge is 0.406 e. The molecule has 2 aromatic heterocycles. The Morgan fingerprint density at radius 3 is 2.63 bits per heavy atom. The first-order valence-electron chi connectivity index (χ1n) is 7.95. The van der Waals surface area contributed by atoms with Crippen molar-refractivity contribution in [3.05, 3.63) is 50.9 Å². The van der Waals surface area contributed by atoms with E-state index < -0.39 is 6.36 Å². The standard InChI is InChI=1S/C18H15F3N2O2S2/c1-10-17(27-11(2)22-10)15-9-26-16(23-15)8-13(24)6-12-4-3-5-14(7-12)25-18(19,20)21/h3-5,7,9H,6,8H2,1-2H3. The number of alkyl halides is 3. The molecule has 1 aromatic carbocycles. The number of ether oxygens (including phenoxy) is 1. The molecule has 0 unspecified atom stereocenters. The lowest BCUT2D eigenvalue weighted by atomic mass is 10.1. The van der Waals surface area contributed by atoms with E-state index in [4.69, 9.17) is 0 Å². The summed E-state index contributed by atoms with van der Waals surface area (Å²) in [5.41, 5.74) is 2.17. The van der Waals surface area contributed by atoms with Crippen molar-refractivity contribution in [1.29, 1.82) is 0 Å². The highest BCUT2D eigenvalue weighted by atomic mass is 32.1. The molecule has 0 bridgehead atoms. The summed E-state index contributed by atoms with van der Waals surface area (Å²) >= 11 is 2.94. The maximum atomic E-state index is 12.3. The second kappa shape index (κ2) is 7.77. The van der Waals surface area contributed by atoms with E-state index in [9.17, 15) is 18.0 Å². The van der Waals surface area contributed by atoms with Gasteiger partial charge in [0.05, 0.1) is 27.7 Å². The normalized spacial score (nSPS) is 11.6. The van der Waals surface area contributed by atoms with E-state index >= 15 is 0 Å². The van der Waals surface area contributed by atoms with E-state index in [0.717, 1.165) is 21.3 Å². The first-order chi connectivity index (χ1) is 12.7. The van der Waals surface area contributed by atoms with Crippen LogP contribution in [0.2, 0.25) is 0 Å². The number of thiazole rings is 2. The SMILES string of the molecule is Cc1nc(C)c(-c2csc(CC(=O)Cc3cccc(OC(F)(F)F)c3)n2)s1. The van der Waals surface area contributed by atoms with Gasteiger partial charge in [-0.05, 0) is 31.5 Å². The average Bonchev–Trinajstić information content (AvgIpc) is 3.11. The average molecular weight is 412 g/mol. The van der Waals surface area contributed by atoms with Gasteiger partial charge in [-0.1, -0.05) is 12.1 Å². The van der Waals surface area contributed by atoms with Crippen molar-refractivity contribution in [3.8, 4) is 16.3 Å². The van der Waals surface area contributed by atoms with Crippen LogP contribution < -0.4 is 4.74 Å². The van der Waals surface area contributed by atoms with Crippen molar-refractivity contribution in [2.75, 3.05) is 0 Å². The number of Topliss-reactive ketones (excluding diaryl/α,β-unsaturated/α-hetero) is 1. The van der Waals surface area contributed by atoms with Crippen molar-refractivity contribution in [3.63, 3.8) is 0 Å². The molecule has 0 amide bonds. The summed E-state index contributed by atoms with van der Waals surface area (Å²) in [4.78, 5) is 22.1. The van der Waals surface area contributed by atoms with Gasteiger partial charge in [-0.3, -0.25) is 4.79 Å². The van der Waals surface area contributed by atoms with Gasteiger partial charge in [-0.15, -0.1) is 35.8 Å². The summed E-state index contributed by atoms with van der Waals surface area (Å²) in [5.74, 6) is -0.461. The van der Waals surface area contributed by atoms with Crippen LogP contribution in [0.3, 0.4) is 0 Å². The lowest BCUT2D eigenvalue weighted by Crippen LogP contribution is -2.17. The van der Waals surface area contributed by atoms with Crippen LogP contribution in [-0.2, 0) is 17.6 Å². The third kappa shape index (κ3) is 5.36. The van der Waals surface area contributed by atoms with Crippen LogP contribution in [0.15, 0.2) is 29.6 Å². The molecule has 0 aliphatic rings.